The minimum absolute atomic E-state index is 0.241. The molecule has 0 atom stereocenters. The Hall–Kier alpha value is -3.38. The third-order valence-electron chi connectivity index (χ3n) is 3.88. The molecule has 4 rings (SSSR count). The number of anilines is 1. The van der Waals surface area contributed by atoms with Gasteiger partial charge in [-0.3, -0.25) is 4.99 Å². The molecular weight excluding hydrogens is 365 g/mol. The first kappa shape index (κ1) is 17.1. The van der Waals surface area contributed by atoms with Crippen LogP contribution in [0, 0.1) is 17.1 Å². The summed E-state index contributed by atoms with van der Waals surface area (Å²) in [6.45, 7) is 1.68. The average molecular weight is 379 g/mol. The number of nitrogens with one attached hydrogen (secondary N) is 2. The molecule has 0 radical (unpaired) electrons. The second-order valence-corrected chi connectivity index (χ2v) is 6.60. The molecule has 3 heterocycles. The fourth-order valence-corrected chi connectivity index (χ4v) is 3.27. The number of aromatic nitrogens is 3. The summed E-state index contributed by atoms with van der Waals surface area (Å²) in [7, 11) is 0. The number of guanidine groups is 1. The molecule has 9 heteroatoms. The molecule has 0 bridgehead atoms. The molecular formula is C18H14FN7S. The van der Waals surface area contributed by atoms with Crippen LogP contribution in [-0.4, -0.2) is 34.0 Å². The first-order valence-electron chi connectivity index (χ1n) is 8.27. The first-order chi connectivity index (χ1) is 13.2. The number of aliphatic imine (C=N–C) groups is 1. The molecule has 0 spiro atoms. The largest absolute Gasteiger partial charge is 0.356 e. The third kappa shape index (κ3) is 3.75. The van der Waals surface area contributed by atoms with Gasteiger partial charge in [0.15, 0.2) is 16.9 Å². The van der Waals surface area contributed by atoms with Gasteiger partial charge in [-0.05, 0) is 30.7 Å². The van der Waals surface area contributed by atoms with Gasteiger partial charge in [0.1, 0.15) is 11.5 Å². The lowest BCUT2D eigenvalue weighted by atomic mass is 10.1. The summed E-state index contributed by atoms with van der Waals surface area (Å²) in [6.07, 6.45) is 2.58. The molecule has 0 saturated carbocycles. The smallest absolute Gasteiger partial charge is 0.197 e. The van der Waals surface area contributed by atoms with Gasteiger partial charge in [0.05, 0.1) is 22.9 Å². The van der Waals surface area contributed by atoms with Gasteiger partial charge < -0.3 is 10.6 Å². The van der Waals surface area contributed by atoms with E-state index in [1.54, 1.807) is 12.3 Å². The molecule has 0 fully saturated rings. The predicted octanol–water partition coefficient (Wildman–Crippen LogP) is 3.04. The van der Waals surface area contributed by atoms with Crippen LogP contribution in [0.5, 0.6) is 0 Å². The highest BCUT2D eigenvalue weighted by atomic mass is 32.1. The molecule has 1 aromatic carbocycles. The van der Waals surface area contributed by atoms with Crippen molar-refractivity contribution in [3.63, 3.8) is 0 Å². The highest BCUT2D eigenvalue weighted by Gasteiger charge is 2.13. The van der Waals surface area contributed by atoms with Crippen molar-refractivity contribution in [2.24, 2.45) is 4.99 Å². The van der Waals surface area contributed by atoms with E-state index in [2.05, 4.69) is 30.6 Å². The van der Waals surface area contributed by atoms with E-state index in [1.165, 1.54) is 29.5 Å². The van der Waals surface area contributed by atoms with Gasteiger partial charge in [-0.25, -0.2) is 19.3 Å². The van der Waals surface area contributed by atoms with E-state index in [-0.39, 0.29) is 17.0 Å². The van der Waals surface area contributed by atoms with E-state index >= 15 is 0 Å². The van der Waals surface area contributed by atoms with E-state index in [9.17, 15) is 4.39 Å². The van der Waals surface area contributed by atoms with Crippen LogP contribution in [-0.2, 0) is 0 Å². The standard InChI is InChI=1S/C18H14FN7S/c19-13-8-11(9-20)2-3-12(13)16-21-7-4-14(24-16)15-10-27-18(25-15)26-17-22-5-1-6-23-17/h2-4,7-8,10H,1,5-6H2,(H2,22,23,25,26). The van der Waals surface area contributed by atoms with Crippen LogP contribution < -0.4 is 10.6 Å². The second-order valence-electron chi connectivity index (χ2n) is 5.75. The number of hydrogen-bond acceptors (Lipinski definition) is 8. The van der Waals surface area contributed by atoms with E-state index < -0.39 is 5.82 Å². The summed E-state index contributed by atoms with van der Waals surface area (Å²) < 4.78 is 14.2. The van der Waals surface area contributed by atoms with E-state index in [1.807, 2.05) is 11.4 Å². The molecule has 1 aliphatic heterocycles. The first-order valence-corrected chi connectivity index (χ1v) is 9.15. The van der Waals surface area contributed by atoms with Crippen LogP contribution >= 0.6 is 11.3 Å². The van der Waals surface area contributed by atoms with Crippen molar-refractivity contribution in [3.8, 4) is 28.8 Å². The zero-order chi connectivity index (χ0) is 18.6. The molecule has 1 aliphatic rings. The van der Waals surface area contributed by atoms with Gasteiger partial charge >= 0.3 is 0 Å². The van der Waals surface area contributed by atoms with Crippen LogP contribution in [0.4, 0.5) is 9.52 Å². The highest BCUT2D eigenvalue weighted by molar-refractivity contribution is 7.14. The Labute approximate surface area is 158 Å². The number of hydrogen-bond donors (Lipinski definition) is 2. The number of benzene rings is 1. The maximum Gasteiger partial charge on any atom is 0.197 e. The lowest BCUT2D eigenvalue weighted by Gasteiger charge is -2.14. The van der Waals surface area contributed by atoms with E-state index in [4.69, 9.17) is 5.26 Å². The Morgan fingerprint density at radius 2 is 2.15 bits per heavy atom. The molecule has 7 nitrogen and oxygen atoms in total. The molecule has 0 unspecified atom stereocenters. The number of halogens is 1. The molecule has 0 aliphatic carbocycles. The number of thiazole rings is 1. The second kappa shape index (κ2) is 7.47. The van der Waals surface area contributed by atoms with Crippen molar-refractivity contribution >= 4 is 22.4 Å². The highest BCUT2D eigenvalue weighted by Crippen LogP contribution is 2.26. The van der Waals surface area contributed by atoms with Crippen molar-refractivity contribution < 1.29 is 4.39 Å². The Bertz CT molecular complexity index is 1050. The van der Waals surface area contributed by atoms with Crippen LogP contribution in [0.15, 0.2) is 40.8 Å². The molecule has 0 amide bonds. The number of nitriles is 1. The lowest BCUT2D eigenvalue weighted by molar-refractivity contribution is 0.629. The summed E-state index contributed by atoms with van der Waals surface area (Å²) >= 11 is 1.43. The summed E-state index contributed by atoms with van der Waals surface area (Å²) in [4.78, 5) is 17.4. The van der Waals surface area contributed by atoms with E-state index in [0.717, 1.165) is 19.5 Å². The van der Waals surface area contributed by atoms with Crippen LogP contribution in [0.2, 0.25) is 0 Å². The Morgan fingerprint density at radius 3 is 2.93 bits per heavy atom. The maximum atomic E-state index is 14.2. The number of nitrogens with zero attached hydrogens (tertiary/aromatic N) is 5. The molecule has 0 saturated heterocycles. The Morgan fingerprint density at radius 1 is 1.22 bits per heavy atom. The van der Waals surface area contributed by atoms with Crippen molar-refractivity contribution in [3.05, 3.63) is 47.2 Å². The van der Waals surface area contributed by atoms with Crippen molar-refractivity contribution in [2.45, 2.75) is 6.42 Å². The van der Waals surface area contributed by atoms with Crippen LogP contribution in [0.3, 0.4) is 0 Å². The Balaban J connectivity index is 1.60. The van der Waals surface area contributed by atoms with Crippen LogP contribution in [0.1, 0.15) is 12.0 Å². The average Bonchev–Trinajstić information content (AvgIpc) is 3.17. The van der Waals surface area contributed by atoms with Gasteiger partial charge in [-0.1, -0.05) is 0 Å². The zero-order valence-electron chi connectivity index (χ0n) is 14.1. The van der Waals surface area contributed by atoms with Crippen molar-refractivity contribution in [1.29, 1.82) is 5.26 Å². The number of rotatable bonds is 3. The lowest BCUT2D eigenvalue weighted by Crippen LogP contribution is -2.35. The molecule has 2 aromatic heterocycles. The molecule has 2 N–H and O–H groups in total. The summed E-state index contributed by atoms with van der Waals surface area (Å²) in [5.41, 5.74) is 1.75. The SMILES string of the molecule is N#Cc1ccc(-c2nccc(-c3csc(NC4=NCCCN4)n3)n2)c(F)c1. The van der Waals surface area contributed by atoms with Crippen LogP contribution in [0.25, 0.3) is 22.8 Å². The fraction of sp³-hybridized carbons (Fsp3) is 0.167. The minimum Gasteiger partial charge on any atom is -0.356 e. The van der Waals surface area contributed by atoms with Gasteiger partial charge in [-0.2, -0.15) is 5.26 Å². The monoisotopic (exact) mass is 379 g/mol. The topological polar surface area (TPSA) is 98.9 Å². The summed E-state index contributed by atoms with van der Waals surface area (Å²) in [5, 5.41) is 17.8. The fourth-order valence-electron chi connectivity index (χ4n) is 2.56. The Kier molecular flexibility index (Phi) is 4.72. The van der Waals surface area contributed by atoms with Gasteiger partial charge in [0.25, 0.3) is 0 Å². The summed E-state index contributed by atoms with van der Waals surface area (Å²) in [5.74, 6) is 0.425. The van der Waals surface area contributed by atoms with Gasteiger partial charge in [-0.15, -0.1) is 11.3 Å². The van der Waals surface area contributed by atoms with Crippen molar-refractivity contribution in [1.82, 2.24) is 20.3 Å². The molecule has 134 valence electrons. The third-order valence-corrected chi connectivity index (χ3v) is 4.64. The predicted molar refractivity (Wildman–Crippen MR) is 102 cm³/mol. The van der Waals surface area contributed by atoms with Crippen molar-refractivity contribution in [2.75, 3.05) is 18.4 Å². The van der Waals surface area contributed by atoms with Gasteiger partial charge in [0.2, 0.25) is 0 Å². The normalized spacial score (nSPS) is 13.4. The molecule has 27 heavy (non-hydrogen) atoms. The zero-order valence-corrected chi connectivity index (χ0v) is 14.9. The maximum absolute atomic E-state index is 14.2. The minimum atomic E-state index is -0.534. The van der Waals surface area contributed by atoms with Gasteiger partial charge in [0, 0.05) is 24.7 Å². The van der Waals surface area contributed by atoms with E-state index in [0.29, 0.717) is 22.5 Å². The quantitative estimate of drug-likeness (QED) is 0.726. The summed E-state index contributed by atoms with van der Waals surface area (Å²) in [6, 6.07) is 7.85. The molecule has 3 aromatic rings.